The highest BCUT2D eigenvalue weighted by atomic mass is 16.3. The van der Waals surface area contributed by atoms with Crippen molar-refractivity contribution >= 4 is 0 Å². The summed E-state index contributed by atoms with van der Waals surface area (Å²) in [4.78, 5) is 8.84. The lowest BCUT2D eigenvalue weighted by molar-refractivity contribution is 0.129. The van der Waals surface area contributed by atoms with Crippen molar-refractivity contribution in [3.63, 3.8) is 0 Å². The average molecular weight is 254 g/mol. The van der Waals surface area contributed by atoms with Gasteiger partial charge in [-0.05, 0) is 49.4 Å². The Morgan fingerprint density at radius 2 is 2.00 bits per heavy atom. The molecule has 0 saturated heterocycles. The number of aryl methyl sites for hydroxylation is 2. The summed E-state index contributed by atoms with van der Waals surface area (Å²) in [5.41, 5.74) is 4.14. The third kappa shape index (κ3) is 2.26. The van der Waals surface area contributed by atoms with E-state index in [4.69, 9.17) is 0 Å². The van der Waals surface area contributed by atoms with Gasteiger partial charge in [-0.3, -0.25) is 9.97 Å². The summed E-state index contributed by atoms with van der Waals surface area (Å²) in [6, 6.07) is 7.98. The Hall–Kier alpha value is -1.74. The van der Waals surface area contributed by atoms with Crippen LogP contribution in [-0.2, 0) is 6.42 Å². The van der Waals surface area contributed by atoms with E-state index in [9.17, 15) is 5.11 Å². The molecule has 2 aromatic heterocycles. The topological polar surface area (TPSA) is 46.0 Å². The van der Waals surface area contributed by atoms with Gasteiger partial charge in [0.25, 0.3) is 0 Å². The molecule has 0 amide bonds. The second kappa shape index (κ2) is 5.10. The van der Waals surface area contributed by atoms with E-state index in [1.807, 2.05) is 31.3 Å². The van der Waals surface area contributed by atoms with Gasteiger partial charge in [-0.25, -0.2) is 0 Å². The van der Waals surface area contributed by atoms with Gasteiger partial charge in [-0.15, -0.1) is 0 Å². The molecule has 3 heteroatoms. The number of pyridine rings is 2. The minimum Gasteiger partial charge on any atom is -0.386 e. The highest BCUT2D eigenvalue weighted by Gasteiger charge is 2.30. The van der Waals surface area contributed by atoms with Crippen LogP contribution in [0.15, 0.2) is 36.7 Å². The summed E-state index contributed by atoms with van der Waals surface area (Å²) >= 11 is 0. The van der Waals surface area contributed by atoms with E-state index in [-0.39, 0.29) is 5.92 Å². The van der Waals surface area contributed by atoms with Gasteiger partial charge in [0.2, 0.25) is 0 Å². The van der Waals surface area contributed by atoms with E-state index in [1.54, 1.807) is 6.20 Å². The van der Waals surface area contributed by atoms with Crippen molar-refractivity contribution in [1.82, 2.24) is 9.97 Å². The second-order valence-electron chi connectivity index (χ2n) is 5.20. The van der Waals surface area contributed by atoms with Crippen LogP contribution in [0.1, 0.15) is 47.4 Å². The summed E-state index contributed by atoms with van der Waals surface area (Å²) < 4.78 is 0. The maximum Gasteiger partial charge on any atom is 0.105 e. The van der Waals surface area contributed by atoms with Crippen LogP contribution >= 0.6 is 0 Å². The Kier molecular flexibility index (Phi) is 3.30. The molecule has 3 rings (SSSR count). The summed E-state index contributed by atoms with van der Waals surface area (Å²) in [5, 5.41) is 10.7. The van der Waals surface area contributed by atoms with Gasteiger partial charge in [0.1, 0.15) is 6.10 Å². The zero-order valence-corrected chi connectivity index (χ0v) is 11.1. The lowest BCUT2D eigenvalue weighted by atomic mass is 9.81. The predicted octanol–water partition coefficient (Wildman–Crippen LogP) is 2.94. The molecule has 2 aromatic rings. The Morgan fingerprint density at radius 3 is 2.84 bits per heavy atom. The van der Waals surface area contributed by atoms with Crippen molar-refractivity contribution in [1.29, 1.82) is 0 Å². The van der Waals surface area contributed by atoms with Crippen molar-refractivity contribution in [2.45, 2.75) is 38.2 Å². The molecule has 0 fully saturated rings. The molecule has 3 nitrogen and oxygen atoms in total. The quantitative estimate of drug-likeness (QED) is 0.896. The molecular weight excluding hydrogens is 236 g/mol. The van der Waals surface area contributed by atoms with Crippen molar-refractivity contribution < 1.29 is 5.11 Å². The monoisotopic (exact) mass is 254 g/mol. The minimum atomic E-state index is -0.560. The Balaban J connectivity index is 1.98. The zero-order valence-electron chi connectivity index (χ0n) is 11.1. The third-order valence-corrected chi connectivity index (χ3v) is 3.95. The molecule has 0 saturated carbocycles. The van der Waals surface area contributed by atoms with Crippen LogP contribution < -0.4 is 0 Å². The first-order valence-electron chi connectivity index (χ1n) is 6.80. The van der Waals surface area contributed by atoms with Crippen molar-refractivity contribution in [2.24, 2.45) is 0 Å². The number of hydrogen-bond acceptors (Lipinski definition) is 3. The summed E-state index contributed by atoms with van der Waals surface area (Å²) in [6.45, 7) is 1.99. The van der Waals surface area contributed by atoms with E-state index < -0.39 is 6.10 Å². The van der Waals surface area contributed by atoms with E-state index in [0.29, 0.717) is 0 Å². The smallest absolute Gasteiger partial charge is 0.105 e. The number of aliphatic hydroxyl groups is 1. The molecule has 2 heterocycles. The first-order chi connectivity index (χ1) is 9.27. The predicted molar refractivity (Wildman–Crippen MR) is 73.8 cm³/mol. The maximum absolute atomic E-state index is 10.7. The summed E-state index contributed by atoms with van der Waals surface area (Å²) in [6.07, 6.45) is 6.14. The van der Waals surface area contributed by atoms with Crippen LogP contribution in [0.5, 0.6) is 0 Å². The largest absolute Gasteiger partial charge is 0.386 e. The molecule has 0 aliphatic heterocycles. The first kappa shape index (κ1) is 12.3. The SMILES string of the molecule is Cc1cccnc1C(O)C1CCCc2cccnc21. The fourth-order valence-electron chi connectivity index (χ4n) is 2.95. The molecule has 0 spiro atoms. The van der Waals surface area contributed by atoms with Gasteiger partial charge in [0.15, 0.2) is 0 Å². The molecule has 0 radical (unpaired) electrons. The Bertz CT molecular complexity index is 582. The molecule has 0 bridgehead atoms. The van der Waals surface area contributed by atoms with Crippen LogP contribution in [0.2, 0.25) is 0 Å². The van der Waals surface area contributed by atoms with Crippen LogP contribution in [0, 0.1) is 6.92 Å². The molecular formula is C16H18N2O. The van der Waals surface area contributed by atoms with E-state index in [2.05, 4.69) is 16.0 Å². The third-order valence-electron chi connectivity index (χ3n) is 3.95. The molecule has 1 aliphatic carbocycles. The number of nitrogens with zero attached hydrogens (tertiary/aromatic N) is 2. The fraction of sp³-hybridized carbons (Fsp3) is 0.375. The average Bonchev–Trinajstić information content (AvgIpc) is 2.46. The van der Waals surface area contributed by atoms with E-state index in [1.165, 1.54) is 5.56 Å². The molecule has 1 N–H and O–H groups in total. The summed E-state index contributed by atoms with van der Waals surface area (Å²) in [5.74, 6) is 0.0681. The number of fused-ring (bicyclic) bond motifs is 1. The summed E-state index contributed by atoms with van der Waals surface area (Å²) in [7, 11) is 0. The minimum absolute atomic E-state index is 0.0681. The number of aliphatic hydroxyl groups excluding tert-OH is 1. The van der Waals surface area contributed by atoms with Crippen LogP contribution in [0.3, 0.4) is 0 Å². The Labute approximate surface area is 113 Å². The van der Waals surface area contributed by atoms with Crippen molar-refractivity contribution in [2.75, 3.05) is 0 Å². The second-order valence-corrected chi connectivity index (χ2v) is 5.20. The highest BCUT2D eigenvalue weighted by molar-refractivity contribution is 5.30. The number of hydrogen-bond donors (Lipinski definition) is 1. The van der Waals surface area contributed by atoms with E-state index in [0.717, 1.165) is 36.2 Å². The first-order valence-corrected chi connectivity index (χ1v) is 6.80. The van der Waals surface area contributed by atoms with Crippen molar-refractivity contribution in [3.8, 4) is 0 Å². The van der Waals surface area contributed by atoms with Gasteiger partial charge in [0.05, 0.1) is 5.69 Å². The fourth-order valence-corrected chi connectivity index (χ4v) is 2.95. The molecule has 0 aromatic carbocycles. The van der Waals surface area contributed by atoms with Crippen molar-refractivity contribution in [3.05, 3.63) is 59.2 Å². The van der Waals surface area contributed by atoms with Gasteiger partial charge < -0.3 is 5.11 Å². The zero-order chi connectivity index (χ0) is 13.2. The van der Waals surface area contributed by atoms with Gasteiger partial charge in [-0.2, -0.15) is 0 Å². The van der Waals surface area contributed by atoms with E-state index >= 15 is 0 Å². The molecule has 2 atom stereocenters. The molecule has 98 valence electrons. The van der Waals surface area contributed by atoms with Gasteiger partial charge in [-0.1, -0.05) is 12.1 Å². The van der Waals surface area contributed by atoms with Crippen LogP contribution in [-0.4, -0.2) is 15.1 Å². The van der Waals surface area contributed by atoms with Gasteiger partial charge >= 0.3 is 0 Å². The maximum atomic E-state index is 10.7. The number of rotatable bonds is 2. The standard InChI is InChI=1S/C16H18N2O/c1-11-5-3-9-17-14(11)16(19)13-8-2-6-12-7-4-10-18-15(12)13/h3-5,7,9-10,13,16,19H,2,6,8H2,1H3. The normalized spacial score (nSPS) is 19.8. The molecule has 2 unspecified atom stereocenters. The molecule has 19 heavy (non-hydrogen) atoms. The highest BCUT2D eigenvalue weighted by Crippen LogP contribution is 2.39. The lowest BCUT2D eigenvalue weighted by Gasteiger charge is -2.28. The molecule has 1 aliphatic rings. The van der Waals surface area contributed by atoms with Gasteiger partial charge in [0, 0.05) is 24.0 Å². The van der Waals surface area contributed by atoms with Crippen LogP contribution in [0.4, 0.5) is 0 Å². The van der Waals surface area contributed by atoms with Crippen LogP contribution in [0.25, 0.3) is 0 Å². The Morgan fingerprint density at radius 1 is 1.21 bits per heavy atom. The lowest BCUT2D eigenvalue weighted by Crippen LogP contribution is -2.20. The number of aromatic nitrogens is 2.